The van der Waals surface area contributed by atoms with Gasteiger partial charge in [-0.1, -0.05) is 0 Å². The molecule has 4 heteroatoms. The van der Waals surface area contributed by atoms with Gasteiger partial charge in [-0.25, -0.2) is 0 Å². The smallest absolute Gasteiger partial charge is 0.314 e. The van der Waals surface area contributed by atoms with Gasteiger partial charge in [-0.05, 0) is 6.92 Å². The van der Waals surface area contributed by atoms with Crippen molar-refractivity contribution in [1.82, 2.24) is 0 Å². The van der Waals surface area contributed by atoms with E-state index in [-0.39, 0.29) is 5.78 Å². The summed E-state index contributed by atoms with van der Waals surface area (Å²) in [5.41, 5.74) is 0. The zero-order valence-electron chi connectivity index (χ0n) is 7.21. The molecule has 0 aromatic carbocycles. The maximum atomic E-state index is 11.2. The molecular formula is C8H10O4. The van der Waals surface area contributed by atoms with Gasteiger partial charge >= 0.3 is 11.8 Å². The molecule has 0 N–H and O–H groups in total. The van der Waals surface area contributed by atoms with Crippen molar-refractivity contribution in [1.29, 1.82) is 0 Å². The summed E-state index contributed by atoms with van der Waals surface area (Å²) in [6, 6.07) is 0. The first-order chi connectivity index (χ1) is 5.44. The summed E-state index contributed by atoms with van der Waals surface area (Å²) in [5, 5.41) is 0. The fraction of sp³-hybridized carbons (Fsp3) is 0.500. The molecular weight excluding hydrogens is 160 g/mol. The summed E-state index contributed by atoms with van der Waals surface area (Å²) in [6.45, 7) is 4.28. The van der Waals surface area contributed by atoms with Gasteiger partial charge in [-0.3, -0.25) is 9.59 Å². The predicted molar refractivity (Wildman–Crippen MR) is 40.0 cm³/mol. The highest BCUT2D eigenvalue weighted by Crippen LogP contribution is 2.25. The lowest BCUT2D eigenvalue weighted by atomic mass is 10.2. The van der Waals surface area contributed by atoms with Gasteiger partial charge in [0.05, 0.1) is 0 Å². The van der Waals surface area contributed by atoms with Crippen molar-refractivity contribution >= 4 is 11.8 Å². The number of hydrogen-bond acceptors (Lipinski definition) is 4. The van der Waals surface area contributed by atoms with E-state index in [1.165, 1.54) is 19.9 Å². The molecule has 1 atom stereocenters. The lowest BCUT2D eigenvalue weighted by molar-refractivity contribution is -0.199. The van der Waals surface area contributed by atoms with Crippen LogP contribution in [0.2, 0.25) is 0 Å². The minimum Gasteiger partial charge on any atom is -0.450 e. The van der Waals surface area contributed by atoms with Gasteiger partial charge in [-0.15, -0.1) is 0 Å². The first kappa shape index (κ1) is 8.77. The third-order valence-corrected chi connectivity index (χ3v) is 1.48. The zero-order chi connectivity index (χ0) is 9.35. The molecule has 0 aliphatic carbocycles. The Balaban J connectivity index is 2.76. The summed E-state index contributed by atoms with van der Waals surface area (Å²) >= 11 is 0. The summed E-state index contributed by atoms with van der Waals surface area (Å²) in [7, 11) is 0. The topological polar surface area (TPSA) is 52.6 Å². The molecule has 0 bridgehead atoms. The van der Waals surface area contributed by atoms with Gasteiger partial charge in [0.25, 0.3) is 0 Å². The summed E-state index contributed by atoms with van der Waals surface area (Å²) < 4.78 is 9.76. The number of hydrogen-bond donors (Lipinski definition) is 0. The molecule has 4 nitrogen and oxygen atoms in total. The van der Waals surface area contributed by atoms with Crippen LogP contribution in [0.25, 0.3) is 0 Å². The Morgan fingerprint density at radius 1 is 1.67 bits per heavy atom. The molecule has 0 spiro atoms. The lowest BCUT2D eigenvalue weighted by Crippen LogP contribution is -2.37. The molecule has 0 saturated carbocycles. The zero-order valence-corrected chi connectivity index (χ0v) is 7.21. The second-order valence-corrected chi connectivity index (χ2v) is 2.76. The first-order valence-corrected chi connectivity index (χ1v) is 3.55. The van der Waals surface area contributed by atoms with Gasteiger partial charge in [0, 0.05) is 19.9 Å². The van der Waals surface area contributed by atoms with Gasteiger partial charge < -0.3 is 9.47 Å². The number of carbonyl (C=O) groups excluding carboxylic acids is 2. The van der Waals surface area contributed by atoms with Crippen LogP contribution in [0.3, 0.4) is 0 Å². The molecule has 0 aromatic rings. The van der Waals surface area contributed by atoms with E-state index in [1.807, 2.05) is 0 Å². The molecule has 1 aliphatic heterocycles. The molecule has 0 aromatic heterocycles. The number of rotatable bonds is 1. The van der Waals surface area contributed by atoms with Crippen LogP contribution in [0.1, 0.15) is 20.8 Å². The van der Waals surface area contributed by atoms with E-state index in [1.54, 1.807) is 6.92 Å². The van der Waals surface area contributed by atoms with Crippen molar-refractivity contribution in [3.63, 3.8) is 0 Å². The fourth-order valence-corrected chi connectivity index (χ4v) is 1.05. The van der Waals surface area contributed by atoms with Crippen molar-refractivity contribution < 1.29 is 19.1 Å². The Morgan fingerprint density at radius 3 is 2.58 bits per heavy atom. The number of allylic oxidation sites excluding steroid dienone is 1. The number of esters is 1. The Hall–Kier alpha value is -1.32. The SMILES string of the molecule is CC(=O)OC1(C)OC(C)=CC1=O. The van der Waals surface area contributed by atoms with Gasteiger partial charge in [0.1, 0.15) is 5.76 Å². The average molecular weight is 170 g/mol. The summed E-state index contributed by atoms with van der Waals surface area (Å²) in [5.74, 6) is -1.84. The average Bonchev–Trinajstić information content (AvgIpc) is 2.04. The molecule has 0 radical (unpaired) electrons. The van der Waals surface area contributed by atoms with Gasteiger partial charge in [0.15, 0.2) is 0 Å². The molecule has 0 saturated heterocycles. The monoisotopic (exact) mass is 170 g/mol. The second-order valence-electron chi connectivity index (χ2n) is 2.76. The van der Waals surface area contributed by atoms with Crippen LogP contribution in [-0.2, 0) is 19.1 Å². The Labute approximate surface area is 70.1 Å². The van der Waals surface area contributed by atoms with Crippen LogP contribution in [0.5, 0.6) is 0 Å². The largest absolute Gasteiger partial charge is 0.450 e. The molecule has 12 heavy (non-hydrogen) atoms. The van der Waals surface area contributed by atoms with Crippen molar-refractivity contribution in [2.45, 2.75) is 26.6 Å². The van der Waals surface area contributed by atoms with E-state index in [0.717, 1.165) is 0 Å². The second kappa shape index (κ2) is 2.62. The van der Waals surface area contributed by atoms with Crippen LogP contribution in [-0.4, -0.2) is 17.5 Å². The quantitative estimate of drug-likeness (QED) is 0.545. The molecule has 1 aliphatic rings. The number of ether oxygens (including phenoxy) is 2. The molecule has 0 amide bonds. The van der Waals surface area contributed by atoms with E-state index < -0.39 is 11.8 Å². The van der Waals surface area contributed by atoms with Crippen LogP contribution in [0, 0.1) is 0 Å². The van der Waals surface area contributed by atoms with Crippen molar-refractivity contribution in [2.24, 2.45) is 0 Å². The van der Waals surface area contributed by atoms with Crippen LogP contribution < -0.4 is 0 Å². The third-order valence-electron chi connectivity index (χ3n) is 1.48. The Bertz CT molecular complexity index is 266. The van der Waals surface area contributed by atoms with E-state index in [0.29, 0.717) is 5.76 Å². The lowest BCUT2D eigenvalue weighted by Gasteiger charge is -2.21. The number of ketones is 1. The van der Waals surface area contributed by atoms with Gasteiger partial charge in [0.2, 0.25) is 5.78 Å². The molecule has 1 rings (SSSR count). The fourth-order valence-electron chi connectivity index (χ4n) is 1.05. The van der Waals surface area contributed by atoms with Crippen LogP contribution in [0.4, 0.5) is 0 Å². The maximum absolute atomic E-state index is 11.2. The van der Waals surface area contributed by atoms with E-state index in [4.69, 9.17) is 9.47 Å². The van der Waals surface area contributed by atoms with Crippen molar-refractivity contribution in [3.05, 3.63) is 11.8 Å². The van der Waals surface area contributed by atoms with E-state index in [2.05, 4.69) is 0 Å². The highest BCUT2D eigenvalue weighted by molar-refractivity contribution is 5.98. The summed E-state index contributed by atoms with van der Waals surface area (Å²) in [6.07, 6.45) is 1.31. The van der Waals surface area contributed by atoms with Crippen molar-refractivity contribution in [3.8, 4) is 0 Å². The van der Waals surface area contributed by atoms with Crippen molar-refractivity contribution in [2.75, 3.05) is 0 Å². The van der Waals surface area contributed by atoms with Crippen LogP contribution >= 0.6 is 0 Å². The normalized spacial score (nSPS) is 27.9. The first-order valence-electron chi connectivity index (χ1n) is 3.55. The molecule has 66 valence electrons. The minimum atomic E-state index is -1.43. The highest BCUT2D eigenvalue weighted by Gasteiger charge is 2.42. The third kappa shape index (κ3) is 1.47. The Morgan fingerprint density at radius 2 is 2.25 bits per heavy atom. The Kier molecular flexibility index (Phi) is 1.92. The van der Waals surface area contributed by atoms with E-state index >= 15 is 0 Å². The predicted octanol–water partition coefficient (Wildman–Crippen LogP) is 0.769. The number of carbonyl (C=O) groups is 2. The molecule has 1 heterocycles. The standard InChI is InChI=1S/C8H10O4/c1-5-4-7(10)8(3,11-5)12-6(2)9/h4H,1-3H3. The maximum Gasteiger partial charge on any atom is 0.314 e. The molecule has 0 fully saturated rings. The highest BCUT2D eigenvalue weighted by atomic mass is 16.7. The van der Waals surface area contributed by atoms with Crippen LogP contribution in [0.15, 0.2) is 11.8 Å². The van der Waals surface area contributed by atoms with Gasteiger partial charge in [-0.2, -0.15) is 0 Å². The summed E-state index contributed by atoms with van der Waals surface area (Å²) in [4.78, 5) is 21.7. The minimum absolute atomic E-state index is 0.338. The molecule has 1 unspecified atom stereocenters. The van der Waals surface area contributed by atoms with E-state index in [9.17, 15) is 9.59 Å².